The van der Waals surface area contributed by atoms with Crippen LogP contribution in [0.3, 0.4) is 0 Å². The zero-order valence-electron chi connectivity index (χ0n) is 12.4. The van der Waals surface area contributed by atoms with Crippen LogP contribution in [0.5, 0.6) is 0 Å². The van der Waals surface area contributed by atoms with Crippen molar-refractivity contribution in [1.82, 2.24) is 0 Å². The van der Waals surface area contributed by atoms with Crippen molar-refractivity contribution in [3.63, 3.8) is 0 Å². The lowest BCUT2D eigenvalue weighted by atomic mass is 9.63. The maximum absolute atomic E-state index is 11.7. The molecule has 0 aliphatic heterocycles. The van der Waals surface area contributed by atoms with Crippen molar-refractivity contribution < 1.29 is 9.59 Å². The van der Waals surface area contributed by atoms with Crippen molar-refractivity contribution >= 4 is 11.6 Å². The lowest BCUT2D eigenvalue weighted by Crippen LogP contribution is -2.38. The molecule has 4 rings (SSSR count). The first-order chi connectivity index (χ1) is 9.56. The molecule has 108 valence electrons. The van der Waals surface area contributed by atoms with Gasteiger partial charge in [-0.2, -0.15) is 0 Å². The molecule has 20 heavy (non-hydrogen) atoms. The molecule has 0 aromatic heterocycles. The highest BCUT2D eigenvalue weighted by Crippen LogP contribution is 2.69. The fourth-order valence-electron chi connectivity index (χ4n) is 6.56. The van der Waals surface area contributed by atoms with Crippen LogP contribution in [-0.4, -0.2) is 11.6 Å². The predicted octanol–water partition coefficient (Wildman–Crippen LogP) is 3.27. The molecule has 4 aliphatic carbocycles. The summed E-state index contributed by atoms with van der Waals surface area (Å²) in [5.41, 5.74) is 0. The molecular formula is C18H24O2. The number of fused-ring (bicyclic) bond motifs is 9. The van der Waals surface area contributed by atoms with Crippen LogP contribution in [-0.2, 0) is 9.59 Å². The van der Waals surface area contributed by atoms with Crippen molar-refractivity contribution in [1.29, 1.82) is 0 Å². The summed E-state index contributed by atoms with van der Waals surface area (Å²) >= 11 is 0. The minimum absolute atomic E-state index is 0.311. The molecule has 2 heteroatoms. The average Bonchev–Trinajstić information content (AvgIpc) is 3.06. The summed E-state index contributed by atoms with van der Waals surface area (Å²) in [7, 11) is 0. The zero-order chi connectivity index (χ0) is 14.0. The van der Waals surface area contributed by atoms with Gasteiger partial charge in [-0.05, 0) is 74.0 Å². The highest BCUT2D eigenvalue weighted by atomic mass is 16.1. The lowest BCUT2D eigenvalue weighted by molar-refractivity contribution is -0.122. The van der Waals surface area contributed by atoms with E-state index in [2.05, 4.69) is 12.2 Å². The van der Waals surface area contributed by atoms with E-state index >= 15 is 0 Å². The van der Waals surface area contributed by atoms with Gasteiger partial charge in [0.1, 0.15) is 11.6 Å². The summed E-state index contributed by atoms with van der Waals surface area (Å²) in [6, 6.07) is 0. The fraction of sp³-hybridized carbons (Fsp3) is 0.778. The fourth-order valence-corrected chi connectivity index (χ4v) is 6.56. The SMILES string of the molecule is CC(=O)CC1C(CC(C)=O)C2CC1C1C3C=CC(C3)C21. The second kappa shape index (κ2) is 4.29. The highest BCUT2D eigenvalue weighted by molar-refractivity contribution is 5.77. The quantitative estimate of drug-likeness (QED) is 0.581. The van der Waals surface area contributed by atoms with E-state index < -0.39 is 0 Å². The van der Waals surface area contributed by atoms with Gasteiger partial charge in [0.15, 0.2) is 0 Å². The molecule has 0 saturated heterocycles. The van der Waals surface area contributed by atoms with Gasteiger partial charge in [-0.1, -0.05) is 12.2 Å². The second-order valence-corrected chi connectivity index (χ2v) is 7.81. The summed E-state index contributed by atoms with van der Waals surface area (Å²) < 4.78 is 0. The first kappa shape index (κ1) is 12.8. The summed E-state index contributed by atoms with van der Waals surface area (Å²) in [4.78, 5) is 23.3. The molecule has 4 aliphatic rings. The largest absolute Gasteiger partial charge is 0.300 e. The van der Waals surface area contributed by atoms with Crippen molar-refractivity contribution in [3.05, 3.63) is 12.2 Å². The third-order valence-electron chi connectivity index (χ3n) is 6.81. The molecule has 0 spiro atoms. The molecule has 0 aromatic carbocycles. The van der Waals surface area contributed by atoms with Crippen molar-refractivity contribution in [2.24, 2.45) is 47.3 Å². The minimum Gasteiger partial charge on any atom is -0.300 e. The van der Waals surface area contributed by atoms with Crippen LogP contribution in [0.15, 0.2) is 12.2 Å². The third kappa shape index (κ3) is 1.63. The molecule has 8 unspecified atom stereocenters. The van der Waals surface area contributed by atoms with Gasteiger partial charge in [0.2, 0.25) is 0 Å². The zero-order valence-corrected chi connectivity index (χ0v) is 12.4. The first-order valence-corrected chi connectivity index (χ1v) is 8.23. The Morgan fingerprint density at radius 1 is 0.850 bits per heavy atom. The van der Waals surface area contributed by atoms with Crippen LogP contribution >= 0.6 is 0 Å². The first-order valence-electron chi connectivity index (χ1n) is 8.23. The maximum Gasteiger partial charge on any atom is 0.130 e. The number of rotatable bonds is 4. The maximum atomic E-state index is 11.7. The molecular weight excluding hydrogens is 248 g/mol. The van der Waals surface area contributed by atoms with E-state index in [1.807, 2.05) is 0 Å². The Balaban J connectivity index is 1.64. The van der Waals surface area contributed by atoms with Gasteiger partial charge in [-0.25, -0.2) is 0 Å². The van der Waals surface area contributed by atoms with E-state index in [0.29, 0.717) is 36.2 Å². The summed E-state index contributed by atoms with van der Waals surface area (Å²) in [6.45, 7) is 3.43. The molecule has 0 amide bonds. The molecule has 0 heterocycles. The lowest BCUT2D eigenvalue weighted by Gasteiger charge is -2.41. The van der Waals surface area contributed by atoms with Crippen LogP contribution in [0.25, 0.3) is 0 Å². The number of carbonyl (C=O) groups excluding carboxylic acids is 2. The summed E-state index contributed by atoms with van der Waals surface area (Å²) in [5, 5.41) is 0. The van der Waals surface area contributed by atoms with Crippen LogP contribution < -0.4 is 0 Å². The Bertz CT molecular complexity index is 450. The van der Waals surface area contributed by atoms with Gasteiger partial charge in [0.05, 0.1) is 0 Å². The molecule has 0 aromatic rings. The Labute approximate surface area is 121 Å². The molecule has 3 saturated carbocycles. The number of carbonyl (C=O) groups is 2. The van der Waals surface area contributed by atoms with E-state index in [9.17, 15) is 9.59 Å². The normalized spacial score (nSPS) is 50.7. The van der Waals surface area contributed by atoms with Gasteiger partial charge in [-0.3, -0.25) is 0 Å². The van der Waals surface area contributed by atoms with E-state index in [0.717, 1.165) is 35.5 Å². The van der Waals surface area contributed by atoms with Crippen LogP contribution in [0.2, 0.25) is 0 Å². The van der Waals surface area contributed by atoms with E-state index in [1.54, 1.807) is 13.8 Å². The molecule has 2 nitrogen and oxygen atoms in total. The van der Waals surface area contributed by atoms with Gasteiger partial charge in [0.25, 0.3) is 0 Å². The predicted molar refractivity (Wildman–Crippen MR) is 76.9 cm³/mol. The monoisotopic (exact) mass is 272 g/mol. The molecule has 4 bridgehead atoms. The van der Waals surface area contributed by atoms with Crippen LogP contribution in [0.4, 0.5) is 0 Å². The van der Waals surface area contributed by atoms with E-state index in [1.165, 1.54) is 12.8 Å². The number of ketones is 2. The highest BCUT2D eigenvalue weighted by Gasteiger charge is 2.64. The molecule has 0 radical (unpaired) electrons. The Morgan fingerprint density at radius 2 is 1.30 bits per heavy atom. The van der Waals surface area contributed by atoms with Gasteiger partial charge < -0.3 is 9.59 Å². The average molecular weight is 272 g/mol. The second-order valence-electron chi connectivity index (χ2n) is 7.81. The van der Waals surface area contributed by atoms with E-state index in [-0.39, 0.29) is 0 Å². The van der Waals surface area contributed by atoms with Crippen molar-refractivity contribution in [3.8, 4) is 0 Å². The Kier molecular flexibility index (Phi) is 2.74. The standard InChI is InChI=1S/C18H24O2/c1-9(19)5-13-14(6-10(2)20)16-8-15(13)17-11-3-4-12(7-11)18(16)17/h3-4,11-18H,5-8H2,1-2H3. The number of Topliss-reactive ketones (excluding diaryl/α,β-unsaturated/α-hetero) is 2. The molecule has 8 atom stereocenters. The van der Waals surface area contributed by atoms with Crippen molar-refractivity contribution in [2.75, 3.05) is 0 Å². The molecule has 0 N–H and O–H groups in total. The van der Waals surface area contributed by atoms with E-state index in [4.69, 9.17) is 0 Å². The van der Waals surface area contributed by atoms with Crippen molar-refractivity contribution in [2.45, 2.75) is 39.5 Å². The topological polar surface area (TPSA) is 34.1 Å². The summed E-state index contributed by atoms with van der Waals surface area (Å²) in [5.74, 6) is 6.30. The third-order valence-corrected chi connectivity index (χ3v) is 6.81. The summed E-state index contributed by atoms with van der Waals surface area (Å²) in [6.07, 6.45) is 8.95. The minimum atomic E-state index is 0.311. The molecule has 3 fully saturated rings. The van der Waals surface area contributed by atoms with Gasteiger partial charge >= 0.3 is 0 Å². The Hall–Kier alpha value is -0.920. The van der Waals surface area contributed by atoms with Crippen LogP contribution in [0, 0.1) is 47.3 Å². The van der Waals surface area contributed by atoms with Crippen LogP contribution in [0.1, 0.15) is 39.5 Å². The number of hydrogen-bond acceptors (Lipinski definition) is 2. The Morgan fingerprint density at radius 3 is 1.70 bits per heavy atom. The number of allylic oxidation sites excluding steroid dienone is 2. The van der Waals surface area contributed by atoms with Gasteiger partial charge in [0, 0.05) is 12.8 Å². The van der Waals surface area contributed by atoms with Gasteiger partial charge in [-0.15, -0.1) is 0 Å². The number of hydrogen-bond donors (Lipinski definition) is 0. The smallest absolute Gasteiger partial charge is 0.130 e.